The average Bonchev–Trinajstić information content (AvgIpc) is 3.24. The van der Waals surface area contributed by atoms with Crippen molar-refractivity contribution in [3.8, 4) is 11.3 Å². The minimum Gasteiger partial charge on any atom is -0.324 e. The Morgan fingerprint density at radius 3 is 3.00 bits per heavy atom. The fraction of sp³-hybridized carbons (Fsp3) is 0.0625. The van der Waals surface area contributed by atoms with Crippen LogP contribution in [0.2, 0.25) is 0 Å². The Hall–Kier alpha value is -2.07. The van der Waals surface area contributed by atoms with Crippen LogP contribution in [0.5, 0.6) is 0 Å². The standard InChI is InChI=1S/C16H15IN6S/c1-3-5-12(6-4-2)20-16-21-14(11-9-18-19-10-11)13-7-8-23(24-17)15(13)22-16/h3-10H,1H2,2H3,(H,18,19)(H,20,21,22)/b6-4-,12-5+. The maximum absolute atomic E-state index is 4.68. The third kappa shape index (κ3) is 3.39. The summed E-state index contributed by atoms with van der Waals surface area (Å²) in [5.41, 5.74) is 3.47. The van der Waals surface area contributed by atoms with Gasteiger partial charge in [-0.1, -0.05) is 18.7 Å². The highest BCUT2D eigenvalue weighted by atomic mass is 127. The normalized spacial score (nSPS) is 12.2. The summed E-state index contributed by atoms with van der Waals surface area (Å²) in [5.74, 6) is 0.523. The molecule has 0 atom stereocenters. The molecule has 122 valence electrons. The molecule has 0 saturated heterocycles. The van der Waals surface area contributed by atoms with Gasteiger partial charge in [0.05, 0.1) is 11.9 Å². The molecule has 0 amide bonds. The van der Waals surface area contributed by atoms with E-state index in [1.54, 1.807) is 21.4 Å². The molecule has 3 aromatic heterocycles. The van der Waals surface area contributed by atoms with Crippen molar-refractivity contribution in [3.63, 3.8) is 0 Å². The zero-order chi connectivity index (χ0) is 16.9. The van der Waals surface area contributed by atoms with Crippen LogP contribution in [0.4, 0.5) is 5.95 Å². The Morgan fingerprint density at radius 1 is 1.46 bits per heavy atom. The molecule has 0 aliphatic carbocycles. The fourth-order valence-corrected chi connectivity index (χ4v) is 3.54. The molecule has 0 bridgehead atoms. The van der Waals surface area contributed by atoms with Crippen LogP contribution in [0.25, 0.3) is 22.3 Å². The van der Waals surface area contributed by atoms with Crippen LogP contribution in [0.1, 0.15) is 6.92 Å². The van der Waals surface area contributed by atoms with Crippen LogP contribution >= 0.6 is 30.3 Å². The van der Waals surface area contributed by atoms with Gasteiger partial charge in [-0.25, -0.2) is 4.98 Å². The van der Waals surface area contributed by atoms with Crippen molar-refractivity contribution in [1.29, 1.82) is 0 Å². The Kier molecular flexibility index (Phi) is 5.36. The molecule has 24 heavy (non-hydrogen) atoms. The number of nitrogens with zero attached hydrogens (tertiary/aromatic N) is 4. The third-order valence-electron chi connectivity index (χ3n) is 3.26. The monoisotopic (exact) mass is 450 g/mol. The van der Waals surface area contributed by atoms with Crippen molar-refractivity contribution in [3.05, 3.63) is 61.2 Å². The van der Waals surface area contributed by atoms with Gasteiger partial charge in [-0.05, 0) is 25.1 Å². The smallest absolute Gasteiger partial charge is 0.229 e. The van der Waals surface area contributed by atoms with Gasteiger partial charge < -0.3 is 5.32 Å². The fourth-order valence-electron chi connectivity index (χ4n) is 2.28. The van der Waals surface area contributed by atoms with E-state index >= 15 is 0 Å². The lowest BCUT2D eigenvalue weighted by atomic mass is 10.2. The summed E-state index contributed by atoms with van der Waals surface area (Å²) in [7, 11) is 1.56. The van der Waals surface area contributed by atoms with E-state index in [1.807, 2.05) is 47.6 Å². The molecule has 0 spiro atoms. The minimum atomic E-state index is 0.523. The molecule has 6 nitrogen and oxygen atoms in total. The van der Waals surface area contributed by atoms with Gasteiger partial charge in [0.25, 0.3) is 0 Å². The van der Waals surface area contributed by atoms with Crippen molar-refractivity contribution in [2.24, 2.45) is 0 Å². The largest absolute Gasteiger partial charge is 0.324 e. The lowest BCUT2D eigenvalue weighted by molar-refractivity contribution is 1.09. The van der Waals surface area contributed by atoms with E-state index in [9.17, 15) is 0 Å². The molecule has 0 aliphatic heterocycles. The number of nitrogens with one attached hydrogen (secondary N) is 2. The summed E-state index contributed by atoms with van der Waals surface area (Å²) in [6.07, 6.45) is 13.0. The molecule has 0 aromatic carbocycles. The van der Waals surface area contributed by atoms with Crippen LogP contribution in [0.3, 0.4) is 0 Å². The number of allylic oxidation sites excluding steroid dienone is 4. The Balaban J connectivity index is 2.15. The first kappa shape index (κ1) is 16.8. The number of hydrogen-bond acceptors (Lipinski definition) is 5. The molecule has 3 heterocycles. The van der Waals surface area contributed by atoms with E-state index in [0.717, 1.165) is 28.0 Å². The molecular weight excluding hydrogens is 435 g/mol. The molecule has 8 heteroatoms. The summed E-state index contributed by atoms with van der Waals surface area (Å²) in [6, 6.07) is 2.01. The van der Waals surface area contributed by atoms with Crippen LogP contribution < -0.4 is 5.32 Å². The SMILES string of the molecule is C=C/C=C(\C=C/C)Nc1nc(-c2cn[nH]c2)c2ccn(SI)c2n1. The minimum absolute atomic E-state index is 0.523. The topological polar surface area (TPSA) is 71.4 Å². The number of aromatic amines is 1. The first-order chi connectivity index (χ1) is 11.8. The summed E-state index contributed by atoms with van der Waals surface area (Å²) in [4.78, 5) is 9.34. The van der Waals surface area contributed by atoms with Gasteiger partial charge in [-0.2, -0.15) is 10.1 Å². The number of fused-ring (bicyclic) bond motifs is 1. The van der Waals surface area contributed by atoms with Gasteiger partial charge >= 0.3 is 0 Å². The van der Waals surface area contributed by atoms with Crippen LogP contribution in [-0.4, -0.2) is 24.1 Å². The predicted octanol–water partition coefficient (Wildman–Crippen LogP) is 4.73. The van der Waals surface area contributed by atoms with Crippen LogP contribution in [0.15, 0.2) is 61.2 Å². The van der Waals surface area contributed by atoms with Crippen molar-refractivity contribution in [2.45, 2.75) is 6.92 Å². The highest BCUT2D eigenvalue weighted by Gasteiger charge is 2.14. The van der Waals surface area contributed by atoms with E-state index < -0.39 is 0 Å². The Morgan fingerprint density at radius 2 is 2.33 bits per heavy atom. The summed E-state index contributed by atoms with van der Waals surface area (Å²) >= 11 is 2.23. The van der Waals surface area contributed by atoms with Crippen molar-refractivity contribution in [2.75, 3.05) is 5.32 Å². The van der Waals surface area contributed by atoms with Crippen molar-refractivity contribution in [1.82, 2.24) is 24.1 Å². The molecule has 0 radical (unpaired) electrons. The van der Waals surface area contributed by atoms with Crippen LogP contribution in [-0.2, 0) is 0 Å². The van der Waals surface area contributed by atoms with E-state index in [1.165, 1.54) is 0 Å². The second kappa shape index (κ2) is 7.67. The number of rotatable bonds is 6. The Labute approximate surface area is 155 Å². The van der Waals surface area contributed by atoms with Gasteiger partial charge in [-0.3, -0.25) is 9.07 Å². The molecule has 0 saturated carbocycles. The van der Waals surface area contributed by atoms with Crippen LogP contribution in [0, 0.1) is 0 Å². The number of halogens is 1. The predicted molar refractivity (Wildman–Crippen MR) is 109 cm³/mol. The van der Waals surface area contributed by atoms with Gasteiger partial charge in [0.2, 0.25) is 5.95 Å². The number of hydrogen-bond donors (Lipinski definition) is 2. The maximum atomic E-state index is 4.68. The molecule has 3 rings (SSSR count). The van der Waals surface area contributed by atoms with Crippen molar-refractivity contribution < 1.29 is 0 Å². The average molecular weight is 450 g/mol. The summed E-state index contributed by atoms with van der Waals surface area (Å²) in [6.45, 7) is 5.70. The van der Waals surface area contributed by atoms with Gasteiger partial charge in [0.15, 0.2) is 5.65 Å². The van der Waals surface area contributed by atoms with Gasteiger partial charge in [0, 0.05) is 59.4 Å². The number of aromatic nitrogens is 5. The molecule has 0 aliphatic rings. The van der Waals surface area contributed by atoms with Gasteiger partial charge in [-0.15, -0.1) is 0 Å². The van der Waals surface area contributed by atoms with E-state index in [4.69, 9.17) is 0 Å². The maximum Gasteiger partial charge on any atom is 0.229 e. The molecule has 0 fully saturated rings. The lowest BCUT2D eigenvalue weighted by Gasteiger charge is -2.09. The zero-order valence-corrected chi connectivity index (χ0v) is 15.9. The van der Waals surface area contributed by atoms with E-state index in [2.05, 4.69) is 53.3 Å². The summed E-state index contributed by atoms with van der Waals surface area (Å²) in [5, 5.41) is 11.1. The number of anilines is 1. The third-order valence-corrected chi connectivity index (χ3v) is 4.97. The molecule has 2 N–H and O–H groups in total. The molecule has 0 unspecified atom stereocenters. The van der Waals surface area contributed by atoms with E-state index in [0.29, 0.717) is 5.95 Å². The Bertz CT molecular complexity index is 910. The lowest BCUT2D eigenvalue weighted by Crippen LogP contribution is -2.03. The first-order valence-corrected chi connectivity index (χ1v) is 10.5. The quantitative estimate of drug-likeness (QED) is 0.420. The molecule has 3 aromatic rings. The zero-order valence-electron chi connectivity index (χ0n) is 12.9. The first-order valence-electron chi connectivity index (χ1n) is 7.16. The number of H-pyrrole nitrogens is 1. The molecular formula is C16H15IN6S. The highest BCUT2D eigenvalue weighted by Crippen LogP contribution is 2.31. The summed E-state index contributed by atoms with van der Waals surface area (Å²) < 4.78 is 2.00. The second-order valence-corrected chi connectivity index (χ2v) is 6.53. The van der Waals surface area contributed by atoms with Crippen molar-refractivity contribution >= 4 is 47.3 Å². The van der Waals surface area contributed by atoms with Gasteiger partial charge in [0.1, 0.15) is 0 Å². The van der Waals surface area contributed by atoms with E-state index in [-0.39, 0.29) is 0 Å². The highest BCUT2D eigenvalue weighted by molar-refractivity contribution is 14.2. The second-order valence-electron chi connectivity index (χ2n) is 4.81.